The molecule has 2 N–H and O–H groups in total. The van der Waals surface area contributed by atoms with E-state index in [0.717, 1.165) is 37.2 Å². The first-order valence-corrected chi connectivity index (χ1v) is 9.86. The minimum absolute atomic E-state index is 0.164. The molecule has 0 saturated carbocycles. The molecule has 7 nitrogen and oxygen atoms in total. The van der Waals surface area contributed by atoms with Crippen LogP contribution >= 0.6 is 0 Å². The molecule has 4 rings (SSSR count). The van der Waals surface area contributed by atoms with Crippen molar-refractivity contribution in [1.82, 2.24) is 20.4 Å². The van der Waals surface area contributed by atoms with Crippen LogP contribution in [0.2, 0.25) is 0 Å². The third-order valence-electron chi connectivity index (χ3n) is 5.32. The second-order valence-corrected chi connectivity index (χ2v) is 7.29. The molecule has 2 amide bonds. The molecule has 1 fully saturated rings. The number of furan rings is 1. The maximum Gasteiger partial charge on any atom is 0.272 e. The maximum absolute atomic E-state index is 12.5. The van der Waals surface area contributed by atoms with Gasteiger partial charge in [0.15, 0.2) is 0 Å². The number of carbonyl (C=O) groups is 2. The highest BCUT2D eigenvalue weighted by Crippen LogP contribution is 2.27. The Balaban J connectivity index is 1.27. The van der Waals surface area contributed by atoms with Crippen molar-refractivity contribution in [3.05, 3.63) is 77.5 Å². The summed E-state index contributed by atoms with van der Waals surface area (Å²) in [4.78, 5) is 26.7. The molecule has 150 valence electrons. The van der Waals surface area contributed by atoms with Crippen molar-refractivity contribution < 1.29 is 14.0 Å². The number of aromatic amines is 1. The maximum atomic E-state index is 12.5. The number of rotatable bonds is 6. The topological polar surface area (TPSA) is 91.2 Å². The zero-order valence-electron chi connectivity index (χ0n) is 16.1. The SMILES string of the molecule is O=C(NCc1ccco1)c1cc(C2CCN(C(=O)Cc3ccccc3)CC2)[nH]n1. The molecule has 1 saturated heterocycles. The fourth-order valence-electron chi connectivity index (χ4n) is 3.66. The lowest BCUT2D eigenvalue weighted by molar-refractivity contribution is -0.131. The van der Waals surface area contributed by atoms with Crippen LogP contribution in [-0.2, 0) is 17.8 Å². The van der Waals surface area contributed by atoms with Crippen LogP contribution in [-0.4, -0.2) is 40.0 Å². The number of hydrogen-bond acceptors (Lipinski definition) is 4. The Labute approximate surface area is 169 Å². The van der Waals surface area contributed by atoms with Gasteiger partial charge in [-0.15, -0.1) is 0 Å². The third kappa shape index (κ3) is 4.74. The summed E-state index contributed by atoms with van der Waals surface area (Å²) in [5.74, 6) is 0.896. The normalized spacial score (nSPS) is 14.7. The van der Waals surface area contributed by atoms with Crippen molar-refractivity contribution in [2.75, 3.05) is 13.1 Å². The van der Waals surface area contributed by atoms with Gasteiger partial charge in [-0.25, -0.2) is 0 Å². The second kappa shape index (κ2) is 8.77. The van der Waals surface area contributed by atoms with E-state index in [1.165, 1.54) is 0 Å². The van der Waals surface area contributed by atoms with Gasteiger partial charge in [0.1, 0.15) is 11.5 Å². The van der Waals surface area contributed by atoms with E-state index in [1.807, 2.05) is 47.4 Å². The molecule has 3 heterocycles. The molecule has 7 heteroatoms. The minimum Gasteiger partial charge on any atom is -0.467 e. The van der Waals surface area contributed by atoms with Crippen molar-refractivity contribution in [1.29, 1.82) is 0 Å². The van der Waals surface area contributed by atoms with Gasteiger partial charge in [-0.3, -0.25) is 14.7 Å². The number of hydrogen-bond donors (Lipinski definition) is 2. The monoisotopic (exact) mass is 392 g/mol. The molecule has 3 aromatic rings. The predicted molar refractivity (Wildman–Crippen MR) is 107 cm³/mol. The number of carbonyl (C=O) groups excluding carboxylic acids is 2. The van der Waals surface area contributed by atoms with Gasteiger partial charge in [0.25, 0.3) is 5.91 Å². The molecule has 0 bridgehead atoms. The van der Waals surface area contributed by atoms with Gasteiger partial charge in [0.2, 0.25) is 5.91 Å². The van der Waals surface area contributed by atoms with Crippen LogP contribution in [0, 0.1) is 0 Å². The average molecular weight is 392 g/mol. The molecule has 2 aromatic heterocycles. The lowest BCUT2D eigenvalue weighted by atomic mass is 9.93. The first-order valence-electron chi connectivity index (χ1n) is 9.86. The van der Waals surface area contributed by atoms with E-state index in [1.54, 1.807) is 12.3 Å². The van der Waals surface area contributed by atoms with Gasteiger partial charge in [-0.2, -0.15) is 5.10 Å². The molecule has 29 heavy (non-hydrogen) atoms. The molecule has 0 atom stereocenters. The fourth-order valence-corrected chi connectivity index (χ4v) is 3.66. The lowest BCUT2D eigenvalue weighted by Gasteiger charge is -2.31. The van der Waals surface area contributed by atoms with Gasteiger partial charge in [-0.1, -0.05) is 30.3 Å². The minimum atomic E-state index is -0.237. The van der Waals surface area contributed by atoms with Crippen LogP contribution < -0.4 is 5.32 Å². The molecule has 0 radical (unpaired) electrons. The van der Waals surface area contributed by atoms with Gasteiger partial charge in [0, 0.05) is 24.7 Å². The largest absolute Gasteiger partial charge is 0.467 e. The summed E-state index contributed by atoms with van der Waals surface area (Å²) < 4.78 is 5.21. The van der Waals surface area contributed by atoms with Crippen LogP contribution in [0.1, 0.15) is 46.3 Å². The highest BCUT2D eigenvalue weighted by atomic mass is 16.3. The van der Waals surface area contributed by atoms with Gasteiger partial charge >= 0.3 is 0 Å². The van der Waals surface area contributed by atoms with Gasteiger partial charge < -0.3 is 14.6 Å². The van der Waals surface area contributed by atoms with E-state index in [9.17, 15) is 9.59 Å². The number of piperidine rings is 1. The zero-order valence-corrected chi connectivity index (χ0v) is 16.1. The molecule has 1 aromatic carbocycles. The lowest BCUT2D eigenvalue weighted by Crippen LogP contribution is -2.38. The number of aromatic nitrogens is 2. The molecular formula is C22H24N4O3. The quantitative estimate of drug-likeness (QED) is 0.675. The van der Waals surface area contributed by atoms with E-state index < -0.39 is 0 Å². The molecular weight excluding hydrogens is 368 g/mol. The van der Waals surface area contributed by atoms with Crippen LogP contribution in [0.3, 0.4) is 0 Å². The third-order valence-corrected chi connectivity index (χ3v) is 5.32. The Morgan fingerprint density at radius 3 is 2.66 bits per heavy atom. The van der Waals surface area contributed by atoms with E-state index in [4.69, 9.17) is 4.42 Å². The van der Waals surface area contributed by atoms with Crippen molar-refractivity contribution in [2.45, 2.75) is 31.7 Å². The number of nitrogens with zero attached hydrogens (tertiary/aromatic N) is 2. The summed E-state index contributed by atoms with van der Waals surface area (Å²) in [6.07, 6.45) is 3.73. The average Bonchev–Trinajstić information content (AvgIpc) is 3.45. The summed E-state index contributed by atoms with van der Waals surface area (Å²) >= 11 is 0. The van der Waals surface area contributed by atoms with E-state index in [0.29, 0.717) is 24.4 Å². The van der Waals surface area contributed by atoms with E-state index in [-0.39, 0.29) is 17.7 Å². The molecule has 0 unspecified atom stereocenters. The molecule has 0 spiro atoms. The van der Waals surface area contributed by atoms with Crippen LogP contribution in [0.5, 0.6) is 0 Å². The first-order chi connectivity index (χ1) is 14.2. The van der Waals surface area contributed by atoms with Crippen LogP contribution in [0.25, 0.3) is 0 Å². The standard InChI is InChI=1S/C22H24N4O3/c27-21(13-16-5-2-1-3-6-16)26-10-8-17(9-11-26)19-14-20(25-24-19)22(28)23-15-18-7-4-12-29-18/h1-7,12,14,17H,8-11,13,15H2,(H,23,28)(H,24,25). The van der Waals surface area contributed by atoms with Crippen molar-refractivity contribution >= 4 is 11.8 Å². The zero-order chi connectivity index (χ0) is 20.1. The van der Waals surface area contributed by atoms with E-state index in [2.05, 4.69) is 15.5 Å². The molecule has 1 aliphatic heterocycles. The fraction of sp³-hybridized carbons (Fsp3) is 0.318. The van der Waals surface area contributed by atoms with Gasteiger partial charge in [-0.05, 0) is 36.6 Å². The summed E-state index contributed by atoms with van der Waals surface area (Å²) in [6.45, 7) is 1.76. The highest BCUT2D eigenvalue weighted by Gasteiger charge is 2.25. The predicted octanol–water partition coefficient (Wildman–Crippen LogP) is 2.88. The Hall–Kier alpha value is -3.35. The second-order valence-electron chi connectivity index (χ2n) is 7.29. The highest BCUT2D eigenvalue weighted by molar-refractivity contribution is 5.92. The van der Waals surface area contributed by atoms with Crippen LogP contribution in [0.4, 0.5) is 0 Å². The number of H-pyrrole nitrogens is 1. The summed E-state index contributed by atoms with van der Waals surface area (Å²) in [6, 6.07) is 15.2. The van der Waals surface area contributed by atoms with Crippen LogP contribution in [0.15, 0.2) is 59.2 Å². The number of nitrogens with one attached hydrogen (secondary N) is 2. The number of likely N-dealkylation sites (tertiary alicyclic amines) is 1. The van der Waals surface area contributed by atoms with E-state index >= 15 is 0 Å². The summed E-state index contributed by atoms with van der Waals surface area (Å²) in [5.41, 5.74) is 2.36. The summed E-state index contributed by atoms with van der Waals surface area (Å²) in [7, 11) is 0. The summed E-state index contributed by atoms with van der Waals surface area (Å²) in [5, 5.41) is 9.94. The Bertz CT molecular complexity index is 942. The molecule has 0 aliphatic carbocycles. The van der Waals surface area contributed by atoms with Crippen molar-refractivity contribution in [2.24, 2.45) is 0 Å². The Morgan fingerprint density at radius 1 is 1.14 bits per heavy atom. The van der Waals surface area contributed by atoms with Crippen molar-refractivity contribution in [3.8, 4) is 0 Å². The van der Waals surface area contributed by atoms with Crippen molar-refractivity contribution in [3.63, 3.8) is 0 Å². The Kier molecular flexibility index (Phi) is 5.74. The number of benzene rings is 1. The Morgan fingerprint density at radius 2 is 1.93 bits per heavy atom. The first kappa shape index (κ1) is 19.0. The smallest absolute Gasteiger partial charge is 0.272 e. The number of amides is 2. The van der Waals surface area contributed by atoms with Gasteiger partial charge in [0.05, 0.1) is 19.2 Å². The molecule has 1 aliphatic rings.